The second-order valence-corrected chi connectivity index (χ2v) is 6.12. The van der Waals surface area contributed by atoms with Crippen molar-refractivity contribution < 1.29 is 19.5 Å². The van der Waals surface area contributed by atoms with Crippen molar-refractivity contribution in [1.29, 1.82) is 0 Å². The molecule has 2 rings (SSSR count). The van der Waals surface area contributed by atoms with Crippen molar-refractivity contribution in [1.82, 2.24) is 10.2 Å². The standard InChI is InChI=1S/C18H24N2O4/c1-2-3-5-15(18(23)24)19-17(22)14-9-7-13(8-10-14)12-20-11-4-6-16(20)21/h7-10,15H,2-6,11-12H2,1H3,(H,19,22)(H,23,24). The summed E-state index contributed by atoms with van der Waals surface area (Å²) in [7, 11) is 0. The minimum atomic E-state index is -1.01. The van der Waals surface area contributed by atoms with E-state index < -0.39 is 12.0 Å². The summed E-state index contributed by atoms with van der Waals surface area (Å²) < 4.78 is 0. The molecule has 2 amide bonds. The molecule has 1 fully saturated rings. The molecule has 1 heterocycles. The number of nitrogens with one attached hydrogen (secondary N) is 1. The van der Waals surface area contributed by atoms with Crippen LogP contribution in [0.2, 0.25) is 0 Å². The highest BCUT2D eigenvalue weighted by molar-refractivity contribution is 5.96. The Morgan fingerprint density at radius 3 is 2.54 bits per heavy atom. The molecule has 1 unspecified atom stereocenters. The van der Waals surface area contributed by atoms with Gasteiger partial charge in [0.05, 0.1) is 0 Å². The topological polar surface area (TPSA) is 86.7 Å². The number of likely N-dealkylation sites (tertiary alicyclic amines) is 1. The molecule has 1 aromatic carbocycles. The normalized spacial score (nSPS) is 15.4. The molecule has 24 heavy (non-hydrogen) atoms. The number of aliphatic carboxylic acids is 1. The number of carboxylic acids is 1. The van der Waals surface area contributed by atoms with Gasteiger partial charge >= 0.3 is 5.97 Å². The van der Waals surface area contributed by atoms with Gasteiger partial charge in [-0.25, -0.2) is 4.79 Å². The number of nitrogens with zero attached hydrogens (tertiary/aromatic N) is 1. The summed E-state index contributed by atoms with van der Waals surface area (Å²) in [5.41, 5.74) is 1.39. The summed E-state index contributed by atoms with van der Waals surface area (Å²) in [6.07, 6.45) is 3.55. The van der Waals surface area contributed by atoms with E-state index in [0.717, 1.165) is 31.4 Å². The first-order valence-electron chi connectivity index (χ1n) is 8.41. The molecule has 0 saturated carbocycles. The molecule has 6 heteroatoms. The highest BCUT2D eigenvalue weighted by Crippen LogP contribution is 2.15. The minimum absolute atomic E-state index is 0.164. The number of carbonyl (C=O) groups is 3. The molecule has 1 saturated heterocycles. The number of hydrogen-bond donors (Lipinski definition) is 2. The number of carboxylic acid groups (broad SMARTS) is 1. The van der Waals surface area contributed by atoms with Gasteiger partial charge < -0.3 is 15.3 Å². The largest absolute Gasteiger partial charge is 0.480 e. The fourth-order valence-electron chi connectivity index (χ4n) is 2.76. The summed E-state index contributed by atoms with van der Waals surface area (Å²) in [6.45, 7) is 3.30. The van der Waals surface area contributed by atoms with Gasteiger partial charge in [0.25, 0.3) is 5.91 Å². The fraction of sp³-hybridized carbons (Fsp3) is 0.500. The third-order valence-electron chi connectivity index (χ3n) is 4.21. The van der Waals surface area contributed by atoms with Gasteiger partial charge in [-0.2, -0.15) is 0 Å². The van der Waals surface area contributed by atoms with E-state index in [1.807, 2.05) is 19.1 Å². The summed E-state index contributed by atoms with van der Waals surface area (Å²) in [4.78, 5) is 36.8. The second kappa shape index (κ2) is 8.47. The summed E-state index contributed by atoms with van der Waals surface area (Å²) in [5.74, 6) is -1.24. The number of hydrogen-bond acceptors (Lipinski definition) is 3. The Balaban J connectivity index is 1.94. The van der Waals surface area contributed by atoms with Crippen molar-refractivity contribution in [2.45, 2.75) is 51.6 Å². The number of carbonyl (C=O) groups excluding carboxylic acids is 2. The molecule has 0 bridgehead atoms. The van der Waals surface area contributed by atoms with E-state index in [1.165, 1.54) is 0 Å². The first kappa shape index (κ1) is 18.0. The van der Waals surface area contributed by atoms with Crippen LogP contribution < -0.4 is 5.32 Å². The molecule has 6 nitrogen and oxygen atoms in total. The number of unbranched alkanes of at least 4 members (excludes halogenated alkanes) is 1. The lowest BCUT2D eigenvalue weighted by molar-refractivity contribution is -0.139. The third kappa shape index (κ3) is 4.81. The lowest BCUT2D eigenvalue weighted by atomic mass is 10.1. The Hall–Kier alpha value is -2.37. The third-order valence-corrected chi connectivity index (χ3v) is 4.21. The van der Waals surface area contributed by atoms with Crippen molar-refractivity contribution in [2.75, 3.05) is 6.54 Å². The number of amides is 2. The van der Waals surface area contributed by atoms with Crippen molar-refractivity contribution >= 4 is 17.8 Å². The van der Waals surface area contributed by atoms with E-state index >= 15 is 0 Å². The predicted octanol–water partition coefficient (Wildman–Crippen LogP) is 2.18. The molecule has 0 aliphatic carbocycles. The van der Waals surface area contributed by atoms with Crippen LogP contribution in [0.3, 0.4) is 0 Å². The molecule has 0 radical (unpaired) electrons. The van der Waals surface area contributed by atoms with Crippen molar-refractivity contribution in [3.63, 3.8) is 0 Å². The van der Waals surface area contributed by atoms with Crippen molar-refractivity contribution in [2.24, 2.45) is 0 Å². The van der Waals surface area contributed by atoms with E-state index in [-0.39, 0.29) is 11.8 Å². The summed E-state index contributed by atoms with van der Waals surface area (Å²) in [6, 6.07) is 6.10. The summed E-state index contributed by atoms with van der Waals surface area (Å²) in [5, 5.41) is 11.7. The zero-order chi connectivity index (χ0) is 17.5. The van der Waals surface area contributed by atoms with Crippen LogP contribution in [0.5, 0.6) is 0 Å². The van der Waals surface area contributed by atoms with Gasteiger partial charge in [0.15, 0.2) is 0 Å². The predicted molar refractivity (Wildman–Crippen MR) is 89.5 cm³/mol. The van der Waals surface area contributed by atoms with E-state index in [9.17, 15) is 19.5 Å². The molecular weight excluding hydrogens is 308 g/mol. The van der Waals surface area contributed by atoms with Crippen molar-refractivity contribution in [3.05, 3.63) is 35.4 Å². The van der Waals surface area contributed by atoms with Crippen molar-refractivity contribution in [3.8, 4) is 0 Å². The highest BCUT2D eigenvalue weighted by Gasteiger charge is 2.21. The summed E-state index contributed by atoms with van der Waals surface area (Å²) >= 11 is 0. The number of rotatable bonds is 8. The van der Waals surface area contributed by atoms with Gasteiger partial charge in [-0.05, 0) is 30.5 Å². The van der Waals surface area contributed by atoms with Crippen LogP contribution >= 0.6 is 0 Å². The van der Waals surface area contributed by atoms with Crippen LogP contribution in [0, 0.1) is 0 Å². The Kier molecular flexibility index (Phi) is 6.35. The smallest absolute Gasteiger partial charge is 0.326 e. The Bertz CT molecular complexity index is 598. The first-order valence-corrected chi connectivity index (χ1v) is 8.41. The number of benzene rings is 1. The zero-order valence-corrected chi connectivity index (χ0v) is 14.0. The van der Waals surface area contributed by atoms with E-state index in [1.54, 1.807) is 17.0 Å². The van der Waals surface area contributed by atoms with Gasteiger partial charge in [0.2, 0.25) is 5.91 Å². The molecule has 0 aromatic heterocycles. The van der Waals surface area contributed by atoms with E-state index in [4.69, 9.17) is 0 Å². The van der Waals surface area contributed by atoms with Gasteiger partial charge in [0, 0.05) is 25.1 Å². The lowest BCUT2D eigenvalue weighted by Gasteiger charge is -2.16. The SMILES string of the molecule is CCCCC(NC(=O)c1ccc(CN2CCCC2=O)cc1)C(=O)O. The average Bonchev–Trinajstić information content (AvgIpc) is 2.96. The van der Waals surface area contributed by atoms with Crippen LogP contribution in [0.1, 0.15) is 54.9 Å². The minimum Gasteiger partial charge on any atom is -0.480 e. The molecule has 0 spiro atoms. The van der Waals surface area contributed by atoms with Crippen LogP contribution in [0.25, 0.3) is 0 Å². The molecule has 1 aromatic rings. The van der Waals surface area contributed by atoms with E-state index in [0.29, 0.717) is 24.9 Å². The average molecular weight is 332 g/mol. The maximum Gasteiger partial charge on any atom is 0.326 e. The lowest BCUT2D eigenvalue weighted by Crippen LogP contribution is -2.40. The first-order chi connectivity index (χ1) is 11.5. The Morgan fingerprint density at radius 1 is 1.29 bits per heavy atom. The maximum absolute atomic E-state index is 12.2. The highest BCUT2D eigenvalue weighted by atomic mass is 16.4. The Labute approximate surface area is 141 Å². The molecule has 2 N–H and O–H groups in total. The van der Waals surface area contributed by atoms with Gasteiger partial charge in [-0.1, -0.05) is 31.9 Å². The monoisotopic (exact) mass is 332 g/mol. The molecule has 1 aliphatic rings. The van der Waals surface area contributed by atoms with Gasteiger partial charge in [-0.3, -0.25) is 9.59 Å². The molecule has 1 atom stereocenters. The van der Waals surface area contributed by atoms with E-state index in [2.05, 4.69) is 5.32 Å². The molecule has 1 aliphatic heterocycles. The fourth-order valence-corrected chi connectivity index (χ4v) is 2.76. The van der Waals surface area contributed by atoms with Gasteiger partial charge in [0.1, 0.15) is 6.04 Å². The molecular formula is C18H24N2O4. The maximum atomic E-state index is 12.2. The van der Waals surface area contributed by atoms with Gasteiger partial charge in [-0.15, -0.1) is 0 Å². The Morgan fingerprint density at radius 2 is 2.00 bits per heavy atom. The second-order valence-electron chi connectivity index (χ2n) is 6.12. The van der Waals surface area contributed by atoms with Crippen LogP contribution in [-0.4, -0.2) is 40.4 Å². The molecule has 130 valence electrons. The van der Waals surface area contributed by atoms with Crippen LogP contribution in [0.4, 0.5) is 0 Å². The quantitative estimate of drug-likeness (QED) is 0.764. The zero-order valence-electron chi connectivity index (χ0n) is 14.0. The van der Waals surface area contributed by atoms with Crippen LogP contribution in [-0.2, 0) is 16.1 Å². The van der Waals surface area contributed by atoms with Crippen LogP contribution in [0.15, 0.2) is 24.3 Å².